The number of nitrogens with zero attached hydrogens (tertiary/aromatic N) is 4. The van der Waals surface area contributed by atoms with Gasteiger partial charge in [0, 0.05) is 6.61 Å². The van der Waals surface area contributed by atoms with Crippen LogP contribution in [0.15, 0.2) is 12.7 Å². The minimum atomic E-state index is -1.74. The van der Waals surface area contributed by atoms with E-state index in [1.807, 2.05) is 4.57 Å². The Labute approximate surface area is 161 Å². The third-order valence-corrected chi connectivity index (χ3v) is 10.4. The van der Waals surface area contributed by atoms with Gasteiger partial charge < -0.3 is 24.6 Å². The summed E-state index contributed by atoms with van der Waals surface area (Å²) in [6.45, 7) is 12.2. The molecule has 1 aliphatic rings. The Morgan fingerprint density at radius 3 is 2.78 bits per heavy atom. The highest BCUT2D eigenvalue weighted by atomic mass is 28.4. The summed E-state index contributed by atoms with van der Waals surface area (Å²) in [6.07, 6.45) is 4.04. The molecule has 2 aromatic heterocycles. The number of aromatic nitrogens is 4. The average Bonchev–Trinajstić information content (AvgIpc) is 3.15. The van der Waals surface area contributed by atoms with Gasteiger partial charge in [-0.15, -0.1) is 0 Å². The molecule has 8 nitrogen and oxygen atoms in total. The number of hydrogen-bond acceptors (Lipinski definition) is 7. The third kappa shape index (κ3) is 4.01. The zero-order chi connectivity index (χ0) is 19.8. The number of ether oxygens (including phenoxy) is 1. The van der Waals surface area contributed by atoms with E-state index in [1.165, 1.54) is 6.33 Å². The van der Waals surface area contributed by atoms with Gasteiger partial charge in [0.15, 0.2) is 19.8 Å². The Bertz CT molecular complexity index is 789. The molecule has 0 radical (unpaired) electrons. The van der Waals surface area contributed by atoms with Crippen LogP contribution in [0.4, 0.5) is 5.82 Å². The molecule has 0 saturated carbocycles. The molecule has 0 spiro atoms. The Hall–Kier alpha value is -1.55. The van der Waals surface area contributed by atoms with Crippen molar-refractivity contribution in [3.63, 3.8) is 0 Å². The molecule has 0 bridgehead atoms. The third-order valence-electron chi connectivity index (χ3n) is 5.87. The van der Waals surface area contributed by atoms with Gasteiger partial charge in [-0.2, -0.15) is 0 Å². The smallest absolute Gasteiger partial charge is 0.191 e. The fraction of sp³-hybridized carbons (Fsp3) is 0.722. The molecule has 2 aromatic rings. The van der Waals surface area contributed by atoms with Crippen molar-refractivity contribution in [1.82, 2.24) is 19.5 Å². The fourth-order valence-corrected chi connectivity index (χ4v) is 4.29. The van der Waals surface area contributed by atoms with Crippen molar-refractivity contribution in [2.75, 3.05) is 18.9 Å². The number of fused-ring (bicyclic) bond motifs is 1. The first-order valence-electron chi connectivity index (χ1n) is 9.48. The first-order valence-corrected chi connectivity index (χ1v) is 12.4. The maximum Gasteiger partial charge on any atom is 0.191 e. The van der Waals surface area contributed by atoms with Gasteiger partial charge in [0.1, 0.15) is 17.9 Å². The molecular weight excluding hydrogens is 362 g/mol. The van der Waals surface area contributed by atoms with Crippen molar-refractivity contribution in [3.8, 4) is 0 Å². The summed E-state index contributed by atoms with van der Waals surface area (Å²) in [4.78, 5) is 12.6. The molecule has 3 rings (SSSR count). The second-order valence-electron chi connectivity index (χ2n) is 8.76. The van der Waals surface area contributed by atoms with Gasteiger partial charge in [-0.3, -0.25) is 0 Å². The maximum absolute atomic E-state index is 10.5. The summed E-state index contributed by atoms with van der Waals surface area (Å²) in [6, 6.07) is -0.239. The summed E-state index contributed by atoms with van der Waals surface area (Å²) >= 11 is 0. The maximum atomic E-state index is 10.5. The first-order chi connectivity index (χ1) is 12.6. The first kappa shape index (κ1) is 20.2. The van der Waals surface area contributed by atoms with Gasteiger partial charge in [0.05, 0.1) is 25.1 Å². The lowest BCUT2D eigenvalue weighted by atomic mass is 10.0. The highest BCUT2D eigenvalue weighted by molar-refractivity contribution is 6.74. The zero-order valence-electron chi connectivity index (χ0n) is 16.8. The van der Waals surface area contributed by atoms with Gasteiger partial charge in [-0.05, 0) is 31.0 Å². The average molecular weight is 394 g/mol. The SMILES string of the molecule is CC(C)(C)[Si](C)(C)OCCC[C@@H]1OC[C@@H](O)[C@@H]1n1cnc2c(N)ncnc21. The largest absolute Gasteiger partial charge is 0.417 e. The van der Waals surface area contributed by atoms with Crippen LogP contribution in [-0.2, 0) is 9.16 Å². The number of rotatable bonds is 6. The van der Waals surface area contributed by atoms with Crippen molar-refractivity contribution >= 4 is 25.3 Å². The molecule has 3 heterocycles. The Morgan fingerprint density at radius 2 is 2.07 bits per heavy atom. The van der Waals surface area contributed by atoms with Gasteiger partial charge >= 0.3 is 0 Å². The van der Waals surface area contributed by atoms with Gasteiger partial charge in [-0.25, -0.2) is 15.0 Å². The number of nitrogen functional groups attached to an aromatic ring is 1. The van der Waals surface area contributed by atoms with Crippen LogP contribution in [0.3, 0.4) is 0 Å². The lowest BCUT2D eigenvalue weighted by Gasteiger charge is -2.36. The van der Waals surface area contributed by atoms with Crippen LogP contribution in [0.1, 0.15) is 39.7 Å². The van der Waals surface area contributed by atoms with Crippen LogP contribution in [0.5, 0.6) is 0 Å². The lowest BCUT2D eigenvalue weighted by Crippen LogP contribution is -2.41. The molecule has 9 heteroatoms. The van der Waals surface area contributed by atoms with Gasteiger partial charge in [0.2, 0.25) is 0 Å². The topological polar surface area (TPSA) is 108 Å². The molecule has 1 fully saturated rings. The zero-order valence-corrected chi connectivity index (χ0v) is 17.8. The van der Waals surface area contributed by atoms with Crippen LogP contribution in [-0.4, -0.2) is 58.4 Å². The minimum absolute atomic E-state index is 0.114. The summed E-state index contributed by atoms with van der Waals surface area (Å²) in [7, 11) is -1.74. The molecule has 0 unspecified atom stereocenters. The second kappa shape index (κ2) is 7.46. The van der Waals surface area contributed by atoms with Crippen molar-refractivity contribution < 1.29 is 14.3 Å². The second-order valence-corrected chi connectivity index (χ2v) is 13.6. The van der Waals surface area contributed by atoms with E-state index in [0.717, 1.165) is 12.8 Å². The molecule has 1 saturated heterocycles. The van der Waals surface area contributed by atoms with Crippen molar-refractivity contribution in [2.24, 2.45) is 0 Å². The molecule has 150 valence electrons. The van der Waals surface area contributed by atoms with E-state index < -0.39 is 14.4 Å². The van der Waals surface area contributed by atoms with Crippen LogP contribution in [0.2, 0.25) is 18.1 Å². The van der Waals surface area contributed by atoms with Gasteiger partial charge in [-0.1, -0.05) is 20.8 Å². The number of nitrogens with two attached hydrogens (primary N) is 1. The molecule has 3 atom stereocenters. The van der Waals surface area contributed by atoms with E-state index in [0.29, 0.717) is 30.2 Å². The molecule has 0 aromatic carbocycles. The van der Waals surface area contributed by atoms with Crippen LogP contribution >= 0.6 is 0 Å². The van der Waals surface area contributed by atoms with E-state index in [4.69, 9.17) is 14.9 Å². The lowest BCUT2D eigenvalue weighted by molar-refractivity contribution is 0.0759. The number of imidazole rings is 1. The van der Waals surface area contributed by atoms with Crippen molar-refractivity contribution in [2.45, 2.75) is 70.0 Å². The van der Waals surface area contributed by atoms with E-state index >= 15 is 0 Å². The van der Waals surface area contributed by atoms with Crippen LogP contribution in [0.25, 0.3) is 11.2 Å². The highest BCUT2D eigenvalue weighted by Gasteiger charge is 2.39. The van der Waals surface area contributed by atoms with Gasteiger partial charge in [0.25, 0.3) is 0 Å². The summed E-state index contributed by atoms with van der Waals surface area (Å²) in [5.74, 6) is 0.339. The number of anilines is 1. The summed E-state index contributed by atoms with van der Waals surface area (Å²) in [5, 5.41) is 10.7. The van der Waals surface area contributed by atoms with E-state index in [9.17, 15) is 5.11 Å². The quantitative estimate of drug-likeness (QED) is 0.573. The van der Waals surface area contributed by atoms with E-state index in [2.05, 4.69) is 48.8 Å². The Morgan fingerprint density at radius 1 is 1.33 bits per heavy atom. The highest BCUT2D eigenvalue weighted by Crippen LogP contribution is 2.37. The summed E-state index contributed by atoms with van der Waals surface area (Å²) in [5.41, 5.74) is 7.06. The van der Waals surface area contributed by atoms with E-state index in [-0.39, 0.29) is 17.2 Å². The number of aliphatic hydroxyl groups is 1. The molecule has 27 heavy (non-hydrogen) atoms. The standard InChI is InChI=1S/C18H31N5O3Si/c1-18(2,3)27(4,5)26-8-6-7-13-15(12(24)9-25-13)23-11-22-14-16(19)20-10-21-17(14)23/h10-13,15,24H,6-9H2,1-5H3,(H2,19,20,21)/t12-,13+,15+/m1/s1. The Kier molecular flexibility index (Phi) is 5.58. The normalized spacial score (nSPS) is 24.0. The molecule has 0 aliphatic carbocycles. The molecule has 0 amide bonds. The predicted molar refractivity (Wildman–Crippen MR) is 107 cm³/mol. The minimum Gasteiger partial charge on any atom is -0.417 e. The predicted octanol–water partition coefficient (Wildman–Crippen LogP) is 2.51. The number of hydrogen-bond donors (Lipinski definition) is 2. The van der Waals surface area contributed by atoms with Crippen molar-refractivity contribution in [3.05, 3.63) is 12.7 Å². The van der Waals surface area contributed by atoms with Crippen molar-refractivity contribution in [1.29, 1.82) is 0 Å². The van der Waals surface area contributed by atoms with Crippen LogP contribution in [0, 0.1) is 0 Å². The molecular formula is C18H31N5O3Si. The Balaban J connectivity index is 1.66. The monoisotopic (exact) mass is 393 g/mol. The fourth-order valence-electron chi connectivity index (χ4n) is 3.20. The molecule has 3 N–H and O–H groups in total. The van der Waals surface area contributed by atoms with E-state index in [1.54, 1.807) is 6.33 Å². The summed E-state index contributed by atoms with van der Waals surface area (Å²) < 4.78 is 14.0. The number of aliphatic hydroxyl groups excluding tert-OH is 1. The molecule has 1 aliphatic heterocycles. The van der Waals surface area contributed by atoms with Crippen LogP contribution < -0.4 is 5.73 Å².